The largest absolute Gasteiger partial charge is 0.493 e. The van der Waals surface area contributed by atoms with Crippen molar-refractivity contribution >= 4 is 29.1 Å². The molecule has 8 nitrogen and oxygen atoms in total. The second-order valence-electron chi connectivity index (χ2n) is 8.99. The van der Waals surface area contributed by atoms with E-state index in [1.165, 1.54) is 21.3 Å². The van der Waals surface area contributed by atoms with Gasteiger partial charge in [0.15, 0.2) is 11.5 Å². The van der Waals surface area contributed by atoms with E-state index < -0.39 is 0 Å². The van der Waals surface area contributed by atoms with Crippen LogP contribution < -0.4 is 24.8 Å². The van der Waals surface area contributed by atoms with E-state index in [1.807, 2.05) is 12.1 Å². The second kappa shape index (κ2) is 11.2. The Kier molecular flexibility index (Phi) is 8.03. The van der Waals surface area contributed by atoms with Crippen molar-refractivity contribution in [3.05, 3.63) is 47.0 Å². The van der Waals surface area contributed by atoms with Gasteiger partial charge in [0.2, 0.25) is 11.7 Å². The summed E-state index contributed by atoms with van der Waals surface area (Å²) >= 11 is 6.19. The van der Waals surface area contributed by atoms with Crippen molar-refractivity contribution in [2.75, 3.05) is 33.2 Å². The molecule has 9 heteroatoms. The third-order valence-corrected chi connectivity index (χ3v) is 7.19. The monoisotopic (exact) mass is 501 g/mol. The van der Waals surface area contributed by atoms with Gasteiger partial charge >= 0.3 is 0 Å². The van der Waals surface area contributed by atoms with Crippen molar-refractivity contribution in [1.29, 1.82) is 0 Å². The molecule has 0 spiro atoms. The number of ether oxygens (including phenoxy) is 3. The average Bonchev–Trinajstić information content (AvgIpc) is 2.84. The quantitative estimate of drug-likeness (QED) is 0.565. The maximum Gasteiger partial charge on any atom is 0.251 e. The van der Waals surface area contributed by atoms with E-state index in [-0.39, 0.29) is 29.9 Å². The minimum atomic E-state index is -0.183. The first-order valence-electron chi connectivity index (χ1n) is 11.8. The molecule has 35 heavy (non-hydrogen) atoms. The molecule has 2 bridgehead atoms. The zero-order chi connectivity index (χ0) is 24.9. The summed E-state index contributed by atoms with van der Waals surface area (Å²) < 4.78 is 16.1. The van der Waals surface area contributed by atoms with Gasteiger partial charge in [-0.15, -0.1) is 0 Å². The molecular weight excluding hydrogens is 470 g/mol. The van der Waals surface area contributed by atoms with Crippen molar-refractivity contribution in [2.24, 2.45) is 0 Å². The van der Waals surface area contributed by atoms with Gasteiger partial charge in [-0.1, -0.05) is 30.2 Å². The molecule has 0 aromatic heterocycles. The van der Waals surface area contributed by atoms with Crippen molar-refractivity contribution in [3.63, 3.8) is 0 Å². The molecule has 2 aliphatic heterocycles. The van der Waals surface area contributed by atoms with Gasteiger partial charge in [-0.25, -0.2) is 0 Å². The summed E-state index contributed by atoms with van der Waals surface area (Å²) in [7, 11) is 4.58. The topological polar surface area (TPSA) is 89.1 Å². The molecule has 0 radical (unpaired) electrons. The number of hydrogen-bond acceptors (Lipinski definition) is 6. The zero-order valence-electron chi connectivity index (χ0n) is 20.3. The Bertz CT molecular complexity index is 1040. The molecule has 0 aliphatic carbocycles. The fourth-order valence-corrected chi connectivity index (χ4v) is 5.44. The Morgan fingerprint density at radius 2 is 1.63 bits per heavy atom. The first-order chi connectivity index (χ1) is 16.9. The number of carbonyl (C=O) groups is 2. The number of para-hydroxylation sites is 1. The number of piperidine rings is 2. The molecule has 3 atom stereocenters. The Hall–Kier alpha value is -2.97. The van der Waals surface area contributed by atoms with E-state index in [2.05, 4.69) is 15.5 Å². The maximum atomic E-state index is 13.1. The molecule has 2 aromatic carbocycles. The van der Waals surface area contributed by atoms with Gasteiger partial charge in [0.1, 0.15) is 0 Å². The molecule has 2 amide bonds. The van der Waals surface area contributed by atoms with Crippen LogP contribution in [0.25, 0.3) is 0 Å². The van der Waals surface area contributed by atoms with Crippen LogP contribution in [0.15, 0.2) is 36.4 Å². The summed E-state index contributed by atoms with van der Waals surface area (Å²) in [6, 6.07) is 11.1. The van der Waals surface area contributed by atoms with Crippen LogP contribution in [0.3, 0.4) is 0 Å². The summed E-state index contributed by atoms with van der Waals surface area (Å²) in [4.78, 5) is 28.2. The number of nitrogens with one attached hydrogen (secondary N) is 2. The van der Waals surface area contributed by atoms with Crippen LogP contribution in [0.5, 0.6) is 17.2 Å². The standard InChI is InChI=1S/C26H32ClN3O5/c1-33-22-11-16(12-23(34-2)25(22)35-3)26(32)28-17-13-18-7-6-8-19(14-17)30(18)15-24(31)29-21-10-5-4-9-20(21)27/h4-5,9-12,17-19H,6-8,13-15H2,1-3H3,(H,28,32)(H,29,31)/t17?,18-,19+. The van der Waals surface area contributed by atoms with Gasteiger partial charge < -0.3 is 24.8 Å². The lowest BCUT2D eigenvalue weighted by Gasteiger charge is -2.48. The molecule has 2 fully saturated rings. The van der Waals surface area contributed by atoms with E-state index in [0.29, 0.717) is 40.1 Å². The number of anilines is 1. The molecule has 1 unspecified atom stereocenters. The summed E-state index contributed by atoms with van der Waals surface area (Å²) in [6.07, 6.45) is 4.74. The molecule has 2 aliphatic rings. The zero-order valence-corrected chi connectivity index (χ0v) is 21.1. The minimum absolute atomic E-state index is 0.0276. The lowest BCUT2D eigenvalue weighted by molar-refractivity contribution is -0.120. The van der Waals surface area contributed by atoms with Crippen molar-refractivity contribution in [1.82, 2.24) is 10.2 Å². The molecule has 0 saturated carbocycles. The number of halogens is 1. The minimum Gasteiger partial charge on any atom is -0.493 e. The Balaban J connectivity index is 1.41. The van der Waals surface area contributed by atoms with E-state index in [9.17, 15) is 9.59 Å². The Labute approximate surface area is 210 Å². The van der Waals surface area contributed by atoms with Gasteiger partial charge in [-0.05, 0) is 49.9 Å². The number of nitrogens with zero attached hydrogens (tertiary/aromatic N) is 1. The van der Waals surface area contributed by atoms with Crippen molar-refractivity contribution in [2.45, 2.75) is 50.2 Å². The van der Waals surface area contributed by atoms with Gasteiger partial charge in [-0.2, -0.15) is 0 Å². The maximum absolute atomic E-state index is 13.1. The van der Waals surface area contributed by atoms with Crippen molar-refractivity contribution in [3.8, 4) is 17.2 Å². The smallest absolute Gasteiger partial charge is 0.251 e. The van der Waals surface area contributed by atoms with Crippen LogP contribution >= 0.6 is 11.6 Å². The second-order valence-corrected chi connectivity index (χ2v) is 9.40. The molecule has 2 N–H and O–H groups in total. The number of rotatable bonds is 8. The predicted molar refractivity (Wildman–Crippen MR) is 135 cm³/mol. The van der Waals surface area contributed by atoms with E-state index in [4.69, 9.17) is 25.8 Å². The van der Waals surface area contributed by atoms with E-state index in [0.717, 1.165) is 32.1 Å². The van der Waals surface area contributed by atoms with Crippen LogP contribution in [0.4, 0.5) is 5.69 Å². The highest BCUT2D eigenvalue weighted by molar-refractivity contribution is 6.33. The number of amides is 2. The highest BCUT2D eigenvalue weighted by atomic mass is 35.5. The highest BCUT2D eigenvalue weighted by Crippen LogP contribution is 2.39. The molecule has 2 heterocycles. The fraction of sp³-hybridized carbons (Fsp3) is 0.462. The molecule has 188 valence electrons. The van der Waals surface area contributed by atoms with Crippen LogP contribution in [-0.4, -0.2) is 62.7 Å². The summed E-state index contributed by atoms with van der Waals surface area (Å²) in [6.45, 7) is 0.314. The lowest BCUT2D eigenvalue weighted by Crippen LogP contribution is -2.58. The van der Waals surface area contributed by atoms with Crippen LogP contribution in [0, 0.1) is 0 Å². The van der Waals surface area contributed by atoms with Gasteiger partial charge in [0, 0.05) is 23.7 Å². The SMILES string of the molecule is COc1cc(C(=O)NC2C[C@H]3CCC[C@@H](C2)N3CC(=O)Nc2ccccc2Cl)cc(OC)c1OC. The fourth-order valence-electron chi connectivity index (χ4n) is 5.25. The number of benzene rings is 2. The average molecular weight is 502 g/mol. The van der Waals surface area contributed by atoms with Crippen LogP contribution in [0.2, 0.25) is 5.02 Å². The Morgan fingerprint density at radius 3 is 2.20 bits per heavy atom. The third-order valence-electron chi connectivity index (χ3n) is 6.86. The normalized spacial score (nSPS) is 21.7. The van der Waals surface area contributed by atoms with Crippen LogP contribution in [-0.2, 0) is 4.79 Å². The number of fused-ring (bicyclic) bond motifs is 2. The number of methoxy groups -OCH3 is 3. The molecular formula is C26H32ClN3O5. The first-order valence-corrected chi connectivity index (χ1v) is 12.2. The van der Waals surface area contributed by atoms with Gasteiger partial charge in [0.25, 0.3) is 5.91 Å². The van der Waals surface area contributed by atoms with Crippen LogP contribution in [0.1, 0.15) is 42.5 Å². The number of hydrogen-bond donors (Lipinski definition) is 2. The highest BCUT2D eigenvalue weighted by Gasteiger charge is 2.39. The molecule has 4 rings (SSSR count). The van der Waals surface area contributed by atoms with E-state index in [1.54, 1.807) is 24.3 Å². The van der Waals surface area contributed by atoms with Crippen molar-refractivity contribution < 1.29 is 23.8 Å². The summed E-state index contributed by atoms with van der Waals surface area (Å²) in [5.41, 5.74) is 1.07. The Morgan fingerprint density at radius 1 is 1.00 bits per heavy atom. The first kappa shape index (κ1) is 25.1. The summed E-state index contributed by atoms with van der Waals surface area (Å²) in [5, 5.41) is 6.64. The van der Waals surface area contributed by atoms with E-state index >= 15 is 0 Å². The summed E-state index contributed by atoms with van der Waals surface area (Å²) in [5.74, 6) is 1.07. The molecule has 2 saturated heterocycles. The molecule has 2 aromatic rings. The predicted octanol–water partition coefficient (Wildman–Crippen LogP) is 4.12. The number of carbonyl (C=O) groups excluding carboxylic acids is 2. The lowest BCUT2D eigenvalue weighted by atomic mass is 9.81. The van der Waals surface area contributed by atoms with Gasteiger partial charge in [0.05, 0.1) is 38.6 Å². The van der Waals surface area contributed by atoms with Gasteiger partial charge in [-0.3, -0.25) is 14.5 Å². The third kappa shape index (κ3) is 5.65.